The lowest BCUT2D eigenvalue weighted by Gasteiger charge is -2.09. The topological polar surface area (TPSA) is 132 Å². The molecule has 0 bridgehead atoms. The lowest BCUT2D eigenvalue weighted by molar-refractivity contribution is -0.117. The number of ether oxygens (including phenoxy) is 1. The highest BCUT2D eigenvalue weighted by atomic mass is 35.5. The van der Waals surface area contributed by atoms with E-state index in [9.17, 15) is 9.59 Å². The number of thiophene rings is 1. The summed E-state index contributed by atoms with van der Waals surface area (Å²) in [6.07, 6.45) is 1.75. The molecule has 0 radical (unpaired) electrons. The van der Waals surface area contributed by atoms with Gasteiger partial charge in [0.15, 0.2) is 12.4 Å². The van der Waals surface area contributed by atoms with E-state index in [1.165, 1.54) is 11.3 Å². The molecule has 4 N–H and O–H groups in total. The second kappa shape index (κ2) is 9.09. The average Bonchev–Trinajstić information content (AvgIpc) is 3.55. The summed E-state index contributed by atoms with van der Waals surface area (Å²) < 4.78 is 5.45. The van der Waals surface area contributed by atoms with Crippen LogP contribution in [-0.4, -0.2) is 26.8 Å². The minimum absolute atomic E-state index is 0.0116. The predicted molar refractivity (Wildman–Crippen MR) is 123 cm³/mol. The zero-order valence-corrected chi connectivity index (χ0v) is 19.0. The first-order valence-electron chi connectivity index (χ1n) is 9.91. The third-order valence-corrected chi connectivity index (χ3v) is 6.28. The minimum Gasteiger partial charge on any atom is -0.454 e. The highest BCUT2D eigenvalue weighted by Crippen LogP contribution is 2.36. The molecule has 9 nitrogen and oxygen atoms in total. The Bertz CT molecular complexity index is 1180. The van der Waals surface area contributed by atoms with Crippen molar-refractivity contribution in [1.29, 1.82) is 0 Å². The second-order valence-electron chi connectivity index (χ2n) is 7.39. The van der Waals surface area contributed by atoms with Crippen molar-refractivity contribution < 1.29 is 14.3 Å². The molecule has 1 aliphatic rings. The number of hydrogen-bond acceptors (Lipinski definition) is 9. The van der Waals surface area contributed by atoms with Gasteiger partial charge in [0.1, 0.15) is 5.00 Å². The third kappa shape index (κ3) is 5.14. The number of halogens is 1. The van der Waals surface area contributed by atoms with Gasteiger partial charge >= 0.3 is 5.97 Å². The van der Waals surface area contributed by atoms with Crippen LogP contribution in [0.4, 0.5) is 22.6 Å². The number of nitrogen functional groups attached to an aromatic ring is 1. The van der Waals surface area contributed by atoms with Crippen molar-refractivity contribution in [1.82, 2.24) is 15.0 Å². The lowest BCUT2D eigenvalue weighted by Crippen LogP contribution is -2.16. The Balaban J connectivity index is 1.46. The van der Waals surface area contributed by atoms with Gasteiger partial charge in [-0.2, -0.15) is 15.0 Å². The van der Waals surface area contributed by atoms with Crippen LogP contribution in [0.2, 0.25) is 5.02 Å². The fourth-order valence-electron chi connectivity index (χ4n) is 2.94. The van der Waals surface area contributed by atoms with Crippen LogP contribution in [0.5, 0.6) is 0 Å². The molecule has 1 fully saturated rings. The summed E-state index contributed by atoms with van der Waals surface area (Å²) in [6.45, 7) is 3.51. The molecule has 11 heteroatoms. The molecule has 2 aromatic heterocycles. The average molecular weight is 473 g/mol. The van der Waals surface area contributed by atoms with Crippen LogP contribution in [0.3, 0.4) is 0 Å². The number of nitrogens with two attached hydrogens (primary N) is 1. The highest BCUT2D eigenvalue weighted by Gasteiger charge is 2.31. The maximum absolute atomic E-state index is 12.8. The van der Waals surface area contributed by atoms with E-state index >= 15 is 0 Å². The Morgan fingerprint density at radius 2 is 1.91 bits per heavy atom. The maximum atomic E-state index is 12.8. The Morgan fingerprint density at radius 1 is 1.19 bits per heavy atom. The Hall–Kier alpha value is -3.24. The molecular weight excluding hydrogens is 452 g/mol. The van der Waals surface area contributed by atoms with Gasteiger partial charge < -0.3 is 21.1 Å². The molecule has 1 saturated carbocycles. The normalized spacial score (nSPS) is 13.0. The number of carbonyl (C=O) groups is 2. The second-order valence-corrected chi connectivity index (χ2v) is 9.05. The smallest absolute Gasteiger partial charge is 0.341 e. The van der Waals surface area contributed by atoms with Gasteiger partial charge in [-0.05, 0) is 56.5 Å². The Kier molecular flexibility index (Phi) is 6.24. The summed E-state index contributed by atoms with van der Waals surface area (Å²) in [5.74, 6) is -0.210. The van der Waals surface area contributed by atoms with Crippen LogP contribution >= 0.6 is 22.9 Å². The number of hydrogen-bond donors (Lipinski definition) is 3. The summed E-state index contributed by atoms with van der Waals surface area (Å²) in [4.78, 5) is 38.3. The van der Waals surface area contributed by atoms with Crippen molar-refractivity contribution in [3.63, 3.8) is 0 Å². The summed E-state index contributed by atoms with van der Waals surface area (Å²) in [5, 5.41) is 6.97. The molecule has 3 aromatic rings. The molecule has 0 saturated heterocycles. The van der Waals surface area contributed by atoms with Gasteiger partial charge in [-0.3, -0.25) is 4.79 Å². The first kappa shape index (κ1) is 22.0. The summed E-state index contributed by atoms with van der Waals surface area (Å²) in [7, 11) is 0. The Labute approximate surface area is 193 Å². The fraction of sp³-hybridized carbons (Fsp3) is 0.286. The van der Waals surface area contributed by atoms with E-state index < -0.39 is 5.97 Å². The van der Waals surface area contributed by atoms with Crippen LogP contribution in [0, 0.1) is 19.8 Å². The van der Waals surface area contributed by atoms with Crippen molar-refractivity contribution >= 4 is 57.4 Å². The third-order valence-electron chi connectivity index (χ3n) is 4.91. The number of rotatable bonds is 7. The highest BCUT2D eigenvalue weighted by molar-refractivity contribution is 7.16. The molecule has 32 heavy (non-hydrogen) atoms. The van der Waals surface area contributed by atoms with Gasteiger partial charge in [0.05, 0.1) is 5.56 Å². The van der Waals surface area contributed by atoms with Crippen LogP contribution in [-0.2, 0) is 16.1 Å². The molecule has 4 rings (SSSR count). The van der Waals surface area contributed by atoms with Crippen molar-refractivity contribution in [2.75, 3.05) is 16.4 Å². The zero-order chi connectivity index (χ0) is 22.8. The quantitative estimate of drug-likeness (QED) is 0.435. The molecule has 1 aromatic carbocycles. The predicted octanol–water partition coefficient (Wildman–Crippen LogP) is 4.23. The number of aryl methyl sites for hydroxylation is 1. The molecule has 0 spiro atoms. The molecule has 166 valence electrons. The largest absolute Gasteiger partial charge is 0.454 e. The monoisotopic (exact) mass is 472 g/mol. The lowest BCUT2D eigenvalue weighted by atomic mass is 10.1. The molecule has 0 atom stereocenters. The van der Waals surface area contributed by atoms with E-state index in [4.69, 9.17) is 22.1 Å². The fourth-order valence-corrected chi connectivity index (χ4v) is 4.12. The standard InChI is InChI=1S/C21H21ClN6O3S/c1-10-11(2)32-18(27-17(29)12-3-4-12)16(10)19(30)31-9-15-25-20(23)28-21(26-15)24-14-7-5-13(22)6-8-14/h5-8,12H,3-4,9H2,1-2H3,(H,27,29)(H3,23,24,25,26,28). The van der Waals surface area contributed by atoms with Gasteiger partial charge in [0.2, 0.25) is 17.8 Å². The number of esters is 1. The van der Waals surface area contributed by atoms with Crippen molar-refractivity contribution in [2.24, 2.45) is 5.92 Å². The van der Waals surface area contributed by atoms with Crippen LogP contribution < -0.4 is 16.4 Å². The number of amides is 1. The minimum atomic E-state index is -0.566. The molecule has 0 aliphatic heterocycles. The first-order valence-corrected chi connectivity index (χ1v) is 11.1. The van der Waals surface area contributed by atoms with E-state index in [1.54, 1.807) is 24.3 Å². The summed E-state index contributed by atoms with van der Waals surface area (Å²) in [5.41, 5.74) is 7.62. The van der Waals surface area contributed by atoms with Crippen molar-refractivity contribution in [2.45, 2.75) is 33.3 Å². The SMILES string of the molecule is Cc1sc(NC(=O)C2CC2)c(C(=O)OCc2nc(N)nc(Nc3ccc(Cl)cc3)n2)c1C. The van der Waals surface area contributed by atoms with Gasteiger partial charge in [-0.25, -0.2) is 4.79 Å². The van der Waals surface area contributed by atoms with Gasteiger partial charge in [0.25, 0.3) is 0 Å². The molecule has 2 heterocycles. The first-order chi connectivity index (χ1) is 15.3. The van der Waals surface area contributed by atoms with Crippen molar-refractivity contribution in [3.05, 3.63) is 51.1 Å². The van der Waals surface area contributed by atoms with Crippen LogP contribution in [0.15, 0.2) is 24.3 Å². The number of carbonyl (C=O) groups excluding carboxylic acids is 2. The van der Waals surface area contributed by atoms with Gasteiger partial charge in [0, 0.05) is 21.5 Å². The number of aromatic nitrogens is 3. The van der Waals surface area contributed by atoms with E-state index in [2.05, 4.69) is 25.6 Å². The van der Waals surface area contributed by atoms with Crippen LogP contribution in [0.25, 0.3) is 0 Å². The van der Waals surface area contributed by atoms with E-state index in [0.717, 1.165) is 23.3 Å². The molecule has 1 aliphatic carbocycles. The van der Waals surface area contributed by atoms with Gasteiger partial charge in [-0.1, -0.05) is 11.6 Å². The van der Waals surface area contributed by atoms with E-state index in [-0.39, 0.29) is 36.2 Å². The number of benzene rings is 1. The zero-order valence-electron chi connectivity index (χ0n) is 17.4. The summed E-state index contributed by atoms with van der Waals surface area (Å²) in [6, 6.07) is 6.98. The van der Waals surface area contributed by atoms with Crippen LogP contribution in [0.1, 0.15) is 39.5 Å². The number of nitrogens with one attached hydrogen (secondary N) is 2. The van der Waals surface area contributed by atoms with Gasteiger partial charge in [-0.15, -0.1) is 11.3 Å². The van der Waals surface area contributed by atoms with E-state index in [1.807, 2.05) is 13.8 Å². The molecule has 1 amide bonds. The molecule has 0 unspecified atom stereocenters. The maximum Gasteiger partial charge on any atom is 0.341 e. The van der Waals surface area contributed by atoms with E-state index in [0.29, 0.717) is 21.3 Å². The number of nitrogens with zero attached hydrogens (tertiary/aromatic N) is 3. The van der Waals surface area contributed by atoms with Crippen molar-refractivity contribution in [3.8, 4) is 0 Å². The molecular formula is C21H21ClN6O3S. The Morgan fingerprint density at radius 3 is 2.59 bits per heavy atom. The summed E-state index contributed by atoms with van der Waals surface area (Å²) >= 11 is 7.25. The number of anilines is 4.